The van der Waals surface area contributed by atoms with Crippen LogP contribution in [0.25, 0.3) is 0 Å². The smallest absolute Gasteiger partial charge is 0.419 e. The second kappa shape index (κ2) is 4.45. The Kier molecular flexibility index (Phi) is 3.12. The minimum absolute atomic E-state index is 0.0930. The van der Waals surface area contributed by atoms with E-state index in [1.807, 2.05) is 0 Å². The van der Waals surface area contributed by atoms with E-state index in [2.05, 4.69) is 20.2 Å². The predicted molar refractivity (Wildman–Crippen MR) is 55.4 cm³/mol. The number of aromatic amines is 1. The third kappa shape index (κ3) is 2.89. The van der Waals surface area contributed by atoms with E-state index in [0.29, 0.717) is 5.69 Å². The summed E-state index contributed by atoms with van der Waals surface area (Å²) in [7, 11) is 0. The van der Waals surface area contributed by atoms with E-state index in [1.54, 1.807) is 6.92 Å². The average Bonchev–Trinajstić information content (AvgIpc) is 2.61. The average molecular weight is 279 g/mol. The first-order valence-electron chi connectivity index (χ1n) is 4.66. The lowest BCUT2D eigenvalue weighted by Crippen LogP contribution is -2.11. The van der Waals surface area contributed by atoms with Gasteiger partial charge in [0.2, 0.25) is 17.6 Å². The molecule has 0 saturated carbocycles. The molecule has 0 unspecified atom stereocenters. The van der Waals surface area contributed by atoms with Crippen LogP contribution in [0, 0.1) is 6.92 Å². The van der Waals surface area contributed by atoms with Gasteiger partial charge in [-0.25, -0.2) is 4.98 Å². The van der Waals surface area contributed by atoms with Crippen molar-refractivity contribution in [2.45, 2.75) is 13.1 Å². The lowest BCUT2D eigenvalue weighted by molar-refractivity contribution is -0.145. The number of H-pyrrole nitrogens is 1. The van der Waals surface area contributed by atoms with Crippen molar-refractivity contribution >= 4 is 11.6 Å². The molecular weight excluding hydrogens is 273 g/mol. The van der Waals surface area contributed by atoms with E-state index < -0.39 is 12.0 Å². The van der Waals surface area contributed by atoms with E-state index in [9.17, 15) is 13.2 Å². The van der Waals surface area contributed by atoms with Crippen molar-refractivity contribution < 1.29 is 17.9 Å². The molecule has 1 N–H and O–H groups in total. The number of halogens is 4. The van der Waals surface area contributed by atoms with Gasteiger partial charge in [0.1, 0.15) is 5.15 Å². The van der Waals surface area contributed by atoms with Crippen molar-refractivity contribution in [1.29, 1.82) is 0 Å². The Hall–Kier alpha value is -1.83. The molecule has 0 amide bonds. The van der Waals surface area contributed by atoms with Crippen molar-refractivity contribution in [1.82, 2.24) is 20.2 Å². The molecule has 0 fully saturated rings. The second-order valence-electron chi connectivity index (χ2n) is 3.34. The number of ether oxygens (including phenoxy) is 1. The summed E-state index contributed by atoms with van der Waals surface area (Å²) in [5.74, 6) is -1.60. The number of aromatic nitrogens is 4. The highest BCUT2D eigenvalue weighted by Crippen LogP contribution is 2.29. The van der Waals surface area contributed by atoms with Crippen LogP contribution in [0.15, 0.2) is 12.1 Å². The number of hydrogen-bond acceptors (Lipinski definition) is 4. The second-order valence-corrected chi connectivity index (χ2v) is 3.73. The van der Waals surface area contributed by atoms with Gasteiger partial charge in [-0.3, -0.25) is 5.10 Å². The summed E-state index contributed by atoms with van der Waals surface area (Å²) < 4.78 is 42.3. The topological polar surface area (TPSA) is 63.7 Å². The van der Waals surface area contributed by atoms with Crippen LogP contribution in [0.4, 0.5) is 13.2 Å². The largest absolute Gasteiger partial charge is 0.451 e. The van der Waals surface area contributed by atoms with E-state index in [4.69, 9.17) is 16.3 Å². The van der Waals surface area contributed by atoms with E-state index in [0.717, 1.165) is 6.07 Å². The maximum absolute atomic E-state index is 12.4. The Morgan fingerprint density at radius 2 is 1.94 bits per heavy atom. The van der Waals surface area contributed by atoms with Gasteiger partial charge < -0.3 is 4.74 Å². The quantitative estimate of drug-likeness (QED) is 0.858. The van der Waals surface area contributed by atoms with E-state index >= 15 is 0 Å². The highest BCUT2D eigenvalue weighted by Gasteiger charge is 2.35. The number of alkyl halides is 3. The standard InChI is InChI=1S/C9H6ClF3N4O/c1-4-2-7(17-16-4)18-6-3-5(10)14-8(15-6)9(11,12)13/h2-3H,1H3,(H,16,17). The van der Waals surface area contributed by atoms with E-state index in [1.165, 1.54) is 6.07 Å². The van der Waals surface area contributed by atoms with Crippen LogP contribution in [0.2, 0.25) is 5.15 Å². The molecule has 18 heavy (non-hydrogen) atoms. The lowest BCUT2D eigenvalue weighted by Gasteiger charge is -2.07. The third-order valence-electron chi connectivity index (χ3n) is 1.82. The monoisotopic (exact) mass is 278 g/mol. The molecule has 9 heteroatoms. The van der Waals surface area contributed by atoms with Crippen molar-refractivity contribution in [2.75, 3.05) is 0 Å². The van der Waals surface area contributed by atoms with Crippen LogP contribution < -0.4 is 4.74 Å². The van der Waals surface area contributed by atoms with E-state index in [-0.39, 0.29) is 16.9 Å². The first kappa shape index (κ1) is 12.6. The van der Waals surface area contributed by atoms with Crippen LogP contribution in [-0.2, 0) is 6.18 Å². The van der Waals surface area contributed by atoms with Gasteiger partial charge in [0, 0.05) is 17.8 Å². The van der Waals surface area contributed by atoms with Gasteiger partial charge in [-0.15, -0.1) is 5.10 Å². The van der Waals surface area contributed by atoms with Crippen molar-refractivity contribution in [3.8, 4) is 11.8 Å². The molecule has 0 bridgehead atoms. The third-order valence-corrected chi connectivity index (χ3v) is 2.01. The normalized spacial score (nSPS) is 11.6. The van der Waals surface area contributed by atoms with Gasteiger partial charge in [0.25, 0.3) is 0 Å². The minimum atomic E-state index is -4.69. The SMILES string of the molecule is Cc1cc(Oc2cc(Cl)nc(C(F)(F)F)n2)n[nH]1. The first-order valence-corrected chi connectivity index (χ1v) is 5.04. The van der Waals surface area contributed by atoms with Crippen LogP contribution in [0.5, 0.6) is 11.8 Å². The molecule has 0 spiro atoms. The number of nitrogens with one attached hydrogen (secondary N) is 1. The molecule has 0 saturated heterocycles. The molecule has 0 aliphatic rings. The highest BCUT2D eigenvalue weighted by atomic mass is 35.5. The van der Waals surface area contributed by atoms with Crippen molar-refractivity contribution in [3.05, 3.63) is 28.8 Å². The molecule has 0 aliphatic heterocycles. The number of aryl methyl sites for hydroxylation is 1. The molecule has 96 valence electrons. The fourth-order valence-electron chi connectivity index (χ4n) is 1.13. The Morgan fingerprint density at radius 3 is 2.50 bits per heavy atom. The first-order chi connectivity index (χ1) is 8.34. The zero-order valence-electron chi connectivity index (χ0n) is 8.92. The summed E-state index contributed by atoms with van der Waals surface area (Å²) in [5.41, 5.74) is 0.696. The Labute approximate surface area is 104 Å². The maximum Gasteiger partial charge on any atom is 0.451 e. The number of hydrogen-bond donors (Lipinski definition) is 1. The minimum Gasteiger partial charge on any atom is -0.419 e. The highest BCUT2D eigenvalue weighted by molar-refractivity contribution is 6.29. The lowest BCUT2D eigenvalue weighted by atomic mass is 10.5. The summed E-state index contributed by atoms with van der Waals surface area (Å²) in [6.45, 7) is 1.72. The van der Waals surface area contributed by atoms with Gasteiger partial charge in [0.05, 0.1) is 0 Å². The maximum atomic E-state index is 12.4. The molecule has 5 nitrogen and oxygen atoms in total. The summed E-state index contributed by atoms with van der Waals surface area (Å²) >= 11 is 5.47. The summed E-state index contributed by atoms with van der Waals surface area (Å²) in [6, 6.07) is 2.57. The Balaban J connectivity index is 2.31. The summed E-state index contributed by atoms with van der Waals surface area (Å²) in [5, 5.41) is 5.91. The van der Waals surface area contributed by atoms with Crippen molar-refractivity contribution in [3.63, 3.8) is 0 Å². The van der Waals surface area contributed by atoms with Gasteiger partial charge in [-0.2, -0.15) is 18.2 Å². The number of rotatable bonds is 2. The van der Waals surface area contributed by atoms with Gasteiger partial charge in [0.15, 0.2) is 0 Å². The molecule has 2 heterocycles. The molecular formula is C9H6ClF3N4O. The zero-order chi connectivity index (χ0) is 13.3. The van der Waals surface area contributed by atoms with Crippen LogP contribution in [0.1, 0.15) is 11.5 Å². The molecule has 2 aromatic heterocycles. The van der Waals surface area contributed by atoms with Crippen LogP contribution in [0.3, 0.4) is 0 Å². The van der Waals surface area contributed by atoms with Gasteiger partial charge in [-0.1, -0.05) is 11.6 Å². The molecule has 0 radical (unpaired) electrons. The van der Waals surface area contributed by atoms with Crippen molar-refractivity contribution in [2.24, 2.45) is 0 Å². The fraction of sp³-hybridized carbons (Fsp3) is 0.222. The molecule has 0 atom stereocenters. The van der Waals surface area contributed by atoms with Gasteiger partial charge >= 0.3 is 6.18 Å². The predicted octanol–water partition coefficient (Wildman–Crippen LogP) is 2.97. The summed E-state index contributed by atoms with van der Waals surface area (Å²) in [6.07, 6.45) is -4.69. The summed E-state index contributed by atoms with van der Waals surface area (Å²) in [4.78, 5) is 6.29. The van der Waals surface area contributed by atoms with Crippen LogP contribution in [-0.4, -0.2) is 20.2 Å². The molecule has 2 rings (SSSR count). The molecule has 0 aromatic carbocycles. The Bertz CT molecular complexity index is 569. The Morgan fingerprint density at radius 1 is 1.22 bits per heavy atom. The van der Waals surface area contributed by atoms with Crippen LogP contribution >= 0.6 is 11.6 Å². The number of nitrogens with zero attached hydrogens (tertiary/aromatic N) is 3. The molecule has 0 aliphatic carbocycles. The van der Waals surface area contributed by atoms with Gasteiger partial charge in [-0.05, 0) is 6.92 Å². The molecule has 2 aromatic rings. The zero-order valence-corrected chi connectivity index (χ0v) is 9.67. The fourth-order valence-corrected chi connectivity index (χ4v) is 1.30.